The van der Waals surface area contributed by atoms with E-state index in [0.717, 1.165) is 22.5 Å². The molecule has 0 unspecified atom stereocenters. The summed E-state index contributed by atoms with van der Waals surface area (Å²) >= 11 is 0. The first-order chi connectivity index (χ1) is 11.6. The number of benzene rings is 2. The Morgan fingerprint density at radius 3 is 2.62 bits per heavy atom. The lowest BCUT2D eigenvalue weighted by atomic mass is 10.1. The van der Waals surface area contributed by atoms with Gasteiger partial charge in [-0.25, -0.2) is 8.42 Å². The molecule has 0 N–H and O–H groups in total. The zero-order valence-corrected chi connectivity index (χ0v) is 13.7. The van der Waals surface area contributed by atoms with E-state index in [4.69, 9.17) is 4.52 Å². The lowest BCUT2D eigenvalue weighted by Crippen LogP contribution is -2.35. The third-order valence-corrected chi connectivity index (χ3v) is 6.08. The van der Waals surface area contributed by atoms with Crippen LogP contribution in [0, 0.1) is 0 Å². The first-order valence-corrected chi connectivity index (χ1v) is 9.17. The van der Waals surface area contributed by atoms with Gasteiger partial charge >= 0.3 is 0 Å². The van der Waals surface area contributed by atoms with Crippen molar-refractivity contribution >= 4 is 10.0 Å². The number of fused-ring (bicyclic) bond motifs is 1. The van der Waals surface area contributed by atoms with Gasteiger partial charge in [-0.15, -0.1) is 0 Å². The van der Waals surface area contributed by atoms with E-state index in [0.29, 0.717) is 24.4 Å². The van der Waals surface area contributed by atoms with Crippen LogP contribution in [0.3, 0.4) is 0 Å². The molecule has 0 bridgehead atoms. The molecule has 122 valence electrons. The van der Waals surface area contributed by atoms with Gasteiger partial charge in [0.25, 0.3) is 0 Å². The van der Waals surface area contributed by atoms with Gasteiger partial charge in [0.15, 0.2) is 0 Å². The Bertz CT molecular complexity index is 965. The van der Waals surface area contributed by atoms with Crippen molar-refractivity contribution in [2.75, 3.05) is 6.54 Å². The van der Waals surface area contributed by atoms with Gasteiger partial charge in [-0.2, -0.15) is 4.31 Å². The maximum atomic E-state index is 13.0. The second kappa shape index (κ2) is 5.89. The number of hydrogen-bond donors (Lipinski definition) is 0. The molecule has 24 heavy (non-hydrogen) atoms. The average Bonchev–Trinajstić information content (AvgIpc) is 3.10. The van der Waals surface area contributed by atoms with Crippen LogP contribution in [0.4, 0.5) is 0 Å². The van der Waals surface area contributed by atoms with Gasteiger partial charge < -0.3 is 4.52 Å². The Balaban J connectivity index is 1.68. The predicted octanol–water partition coefficient (Wildman–Crippen LogP) is 3.09. The van der Waals surface area contributed by atoms with Gasteiger partial charge in [0.05, 0.1) is 11.1 Å². The van der Waals surface area contributed by atoms with Gasteiger partial charge in [0.2, 0.25) is 10.0 Å². The molecule has 1 aromatic heterocycles. The van der Waals surface area contributed by atoms with E-state index in [2.05, 4.69) is 5.16 Å². The highest BCUT2D eigenvalue weighted by Crippen LogP contribution is 2.27. The number of rotatable bonds is 3. The molecule has 0 atom stereocenters. The number of sulfonamides is 1. The molecule has 0 amide bonds. The summed E-state index contributed by atoms with van der Waals surface area (Å²) in [6.07, 6.45) is 2.14. The molecule has 0 fully saturated rings. The van der Waals surface area contributed by atoms with Crippen molar-refractivity contribution in [3.05, 3.63) is 72.1 Å². The minimum atomic E-state index is -3.55. The standard InChI is InChI=1S/C18H16N2O3S/c21-24(22,20-10-9-18-16(13-20)12-19-23-18)17-8-4-7-15(11-17)14-5-2-1-3-6-14/h1-8,11-12H,9-10,13H2. The van der Waals surface area contributed by atoms with Crippen molar-refractivity contribution in [3.8, 4) is 11.1 Å². The molecule has 0 radical (unpaired) electrons. The topological polar surface area (TPSA) is 63.4 Å². The third-order valence-electron chi connectivity index (χ3n) is 4.24. The normalized spacial score (nSPS) is 15.2. The lowest BCUT2D eigenvalue weighted by Gasteiger charge is -2.25. The van der Waals surface area contributed by atoms with Crippen LogP contribution in [0.25, 0.3) is 11.1 Å². The fraction of sp³-hybridized carbons (Fsp3) is 0.167. The summed E-state index contributed by atoms with van der Waals surface area (Å²) in [5.41, 5.74) is 2.72. The molecular formula is C18H16N2O3S. The van der Waals surface area contributed by atoms with E-state index in [1.165, 1.54) is 4.31 Å². The van der Waals surface area contributed by atoms with Crippen molar-refractivity contribution in [1.82, 2.24) is 9.46 Å². The largest absolute Gasteiger partial charge is 0.361 e. The Morgan fingerprint density at radius 1 is 1.00 bits per heavy atom. The summed E-state index contributed by atoms with van der Waals surface area (Å²) < 4.78 is 32.6. The Hall–Kier alpha value is -2.44. The van der Waals surface area contributed by atoms with Crippen molar-refractivity contribution in [2.45, 2.75) is 17.9 Å². The number of nitrogens with zero attached hydrogens (tertiary/aromatic N) is 2. The fourth-order valence-corrected chi connectivity index (χ4v) is 4.40. The second-order valence-electron chi connectivity index (χ2n) is 5.76. The van der Waals surface area contributed by atoms with E-state index in [-0.39, 0.29) is 0 Å². The first kappa shape index (κ1) is 15.1. The molecule has 1 aliphatic heterocycles. The fourth-order valence-electron chi connectivity index (χ4n) is 2.94. The summed E-state index contributed by atoms with van der Waals surface area (Å²) in [6, 6.07) is 16.8. The minimum Gasteiger partial charge on any atom is -0.361 e. The average molecular weight is 340 g/mol. The Kier molecular flexibility index (Phi) is 3.70. The molecule has 4 rings (SSSR count). The van der Waals surface area contributed by atoms with Crippen molar-refractivity contribution in [3.63, 3.8) is 0 Å². The van der Waals surface area contributed by atoms with Crippen molar-refractivity contribution in [1.29, 1.82) is 0 Å². The number of hydrogen-bond acceptors (Lipinski definition) is 4. The summed E-state index contributed by atoms with van der Waals surface area (Å²) in [5, 5.41) is 3.75. The molecule has 6 heteroatoms. The van der Waals surface area contributed by atoms with Crippen LogP contribution < -0.4 is 0 Å². The molecule has 5 nitrogen and oxygen atoms in total. The van der Waals surface area contributed by atoms with E-state index < -0.39 is 10.0 Å². The monoisotopic (exact) mass is 340 g/mol. The van der Waals surface area contributed by atoms with Crippen molar-refractivity contribution in [2.24, 2.45) is 0 Å². The molecule has 0 aliphatic carbocycles. The van der Waals surface area contributed by atoms with Crippen LogP contribution in [0.1, 0.15) is 11.3 Å². The van der Waals surface area contributed by atoms with Gasteiger partial charge in [0, 0.05) is 25.1 Å². The van der Waals surface area contributed by atoms with E-state index in [9.17, 15) is 8.42 Å². The molecule has 0 spiro atoms. The van der Waals surface area contributed by atoms with Crippen LogP contribution in [0.5, 0.6) is 0 Å². The summed E-state index contributed by atoms with van der Waals surface area (Å²) in [5.74, 6) is 0.777. The molecule has 1 aliphatic rings. The SMILES string of the molecule is O=S(=O)(c1cccc(-c2ccccc2)c1)N1CCc2oncc2C1. The van der Waals surface area contributed by atoms with Crippen molar-refractivity contribution < 1.29 is 12.9 Å². The Labute approximate surface area is 140 Å². The number of aromatic nitrogens is 1. The maximum absolute atomic E-state index is 13.0. The minimum absolute atomic E-state index is 0.302. The van der Waals surface area contributed by atoms with Gasteiger partial charge in [-0.3, -0.25) is 0 Å². The van der Waals surface area contributed by atoms with Crippen LogP contribution >= 0.6 is 0 Å². The molecule has 2 heterocycles. The molecule has 0 saturated heterocycles. The second-order valence-corrected chi connectivity index (χ2v) is 7.69. The van der Waals surface area contributed by atoms with Crippen LogP contribution in [0.15, 0.2) is 70.2 Å². The van der Waals surface area contributed by atoms with E-state index in [1.807, 2.05) is 36.4 Å². The van der Waals surface area contributed by atoms with Gasteiger partial charge in [-0.1, -0.05) is 47.6 Å². The zero-order valence-electron chi connectivity index (χ0n) is 12.9. The maximum Gasteiger partial charge on any atom is 0.243 e. The quantitative estimate of drug-likeness (QED) is 0.735. The predicted molar refractivity (Wildman–Crippen MR) is 89.7 cm³/mol. The zero-order chi connectivity index (χ0) is 16.6. The Morgan fingerprint density at radius 2 is 1.79 bits per heavy atom. The third kappa shape index (κ3) is 2.64. The molecular weight excluding hydrogens is 324 g/mol. The van der Waals surface area contributed by atoms with E-state index in [1.54, 1.807) is 24.4 Å². The van der Waals surface area contributed by atoms with E-state index >= 15 is 0 Å². The highest BCUT2D eigenvalue weighted by Gasteiger charge is 2.30. The molecule has 3 aromatic rings. The molecule has 2 aromatic carbocycles. The summed E-state index contributed by atoms with van der Waals surface area (Å²) in [6.45, 7) is 0.705. The van der Waals surface area contributed by atoms with Crippen LogP contribution in [-0.2, 0) is 23.0 Å². The smallest absolute Gasteiger partial charge is 0.243 e. The van der Waals surface area contributed by atoms with Crippen LogP contribution in [-0.4, -0.2) is 24.4 Å². The lowest BCUT2D eigenvalue weighted by molar-refractivity contribution is 0.331. The molecule has 0 saturated carbocycles. The summed E-state index contributed by atoms with van der Waals surface area (Å²) in [7, 11) is -3.55. The highest BCUT2D eigenvalue weighted by atomic mass is 32.2. The highest BCUT2D eigenvalue weighted by molar-refractivity contribution is 7.89. The first-order valence-electron chi connectivity index (χ1n) is 7.73. The van der Waals surface area contributed by atoms with Gasteiger partial charge in [-0.05, 0) is 23.3 Å². The summed E-state index contributed by atoms with van der Waals surface area (Å²) in [4.78, 5) is 0.309. The van der Waals surface area contributed by atoms with Crippen LogP contribution in [0.2, 0.25) is 0 Å². The van der Waals surface area contributed by atoms with Gasteiger partial charge in [0.1, 0.15) is 5.76 Å².